The van der Waals surface area contributed by atoms with Gasteiger partial charge in [-0.2, -0.15) is 0 Å². The van der Waals surface area contributed by atoms with Crippen molar-refractivity contribution in [2.24, 2.45) is 0 Å². The van der Waals surface area contributed by atoms with E-state index in [0.29, 0.717) is 18.5 Å². The van der Waals surface area contributed by atoms with Crippen molar-refractivity contribution in [3.63, 3.8) is 0 Å². The third-order valence-corrected chi connectivity index (χ3v) is 5.51. The van der Waals surface area contributed by atoms with Gasteiger partial charge in [-0.25, -0.2) is 0 Å². The lowest BCUT2D eigenvalue weighted by atomic mass is 10.0. The molecular formula is C21H29Cl3N4O. The van der Waals surface area contributed by atoms with E-state index < -0.39 is 0 Å². The highest BCUT2D eigenvalue weighted by molar-refractivity contribution is 5.86. The Kier molecular flexibility index (Phi) is 10.4. The fourth-order valence-corrected chi connectivity index (χ4v) is 3.64. The van der Waals surface area contributed by atoms with Crippen molar-refractivity contribution in [3.8, 4) is 11.1 Å². The van der Waals surface area contributed by atoms with Crippen LogP contribution in [0.3, 0.4) is 0 Å². The second-order valence-electron chi connectivity index (χ2n) is 7.37. The summed E-state index contributed by atoms with van der Waals surface area (Å²) in [6, 6.07) is 13.3. The van der Waals surface area contributed by atoms with Crippen molar-refractivity contribution in [2.75, 3.05) is 39.8 Å². The molecular weight excluding hydrogens is 431 g/mol. The molecule has 1 aliphatic heterocycles. The molecule has 4 rings (SSSR count). The fraction of sp³-hybridized carbons (Fsp3) is 0.429. The number of carbonyl (C=O) groups is 1. The molecule has 1 saturated carbocycles. The van der Waals surface area contributed by atoms with Crippen LogP contribution in [0.4, 0.5) is 0 Å². The zero-order valence-electron chi connectivity index (χ0n) is 16.5. The standard InChI is InChI=1S/C21H26N4O.3ClH/c1-24-10-12-25(13-11-24)21(26)15-23-20-14-19(20)18-4-2-16(3-5-18)17-6-8-22-9-7-17;;;/h2-9,19-20,23H,10-15H2,1H3;3*1H/t19-,20+;;;/m0.../s1. The van der Waals surface area contributed by atoms with Crippen LogP contribution in [-0.4, -0.2) is 66.5 Å². The summed E-state index contributed by atoms with van der Waals surface area (Å²) in [5.41, 5.74) is 3.76. The molecule has 0 radical (unpaired) electrons. The molecule has 1 amide bonds. The molecule has 1 aliphatic carbocycles. The third kappa shape index (κ3) is 6.56. The van der Waals surface area contributed by atoms with Crippen molar-refractivity contribution in [3.05, 3.63) is 54.4 Å². The van der Waals surface area contributed by atoms with Gasteiger partial charge in [0.25, 0.3) is 0 Å². The highest BCUT2D eigenvalue weighted by Crippen LogP contribution is 2.41. The number of carbonyl (C=O) groups excluding carboxylic acids is 1. The summed E-state index contributed by atoms with van der Waals surface area (Å²) >= 11 is 0. The van der Waals surface area contributed by atoms with Crippen LogP contribution in [-0.2, 0) is 4.79 Å². The van der Waals surface area contributed by atoms with Gasteiger partial charge >= 0.3 is 0 Å². The molecule has 2 atom stereocenters. The lowest BCUT2D eigenvalue weighted by Crippen LogP contribution is -2.49. The van der Waals surface area contributed by atoms with E-state index in [1.54, 1.807) is 0 Å². The van der Waals surface area contributed by atoms with Gasteiger partial charge in [-0.05, 0) is 42.3 Å². The smallest absolute Gasteiger partial charge is 0.236 e. The highest BCUT2D eigenvalue weighted by atomic mass is 35.5. The quantitative estimate of drug-likeness (QED) is 0.746. The number of nitrogens with one attached hydrogen (secondary N) is 1. The van der Waals surface area contributed by atoms with Crippen LogP contribution in [0.25, 0.3) is 11.1 Å². The SMILES string of the molecule is CN1CCN(C(=O)CN[C@@H]2C[C@H]2c2ccc(-c3ccncc3)cc2)CC1.Cl.Cl.Cl. The van der Waals surface area contributed by atoms with Crippen molar-refractivity contribution in [1.82, 2.24) is 20.1 Å². The van der Waals surface area contributed by atoms with E-state index >= 15 is 0 Å². The summed E-state index contributed by atoms with van der Waals surface area (Å²) in [5, 5.41) is 3.45. The van der Waals surface area contributed by atoms with Crippen LogP contribution in [0, 0.1) is 0 Å². The molecule has 2 aliphatic rings. The number of hydrogen-bond acceptors (Lipinski definition) is 4. The van der Waals surface area contributed by atoms with E-state index in [9.17, 15) is 4.79 Å². The van der Waals surface area contributed by atoms with Crippen LogP contribution < -0.4 is 5.32 Å². The zero-order valence-corrected chi connectivity index (χ0v) is 18.9. The molecule has 0 bridgehead atoms. The van der Waals surface area contributed by atoms with Gasteiger partial charge in [-0.1, -0.05) is 24.3 Å². The first-order valence-corrected chi connectivity index (χ1v) is 9.41. The molecule has 1 saturated heterocycles. The third-order valence-electron chi connectivity index (χ3n) is 5.51. The van der Waals surface area contributed by atoms with Crippen LogP contribution in [0.15, 0.2) is 48.8 Å². The van der Waals surface area contributed by atoms with Crippen LogP contribution in [0.2, 0.25) is 0 Å². The van der Waals surface area contributed by atoms with Crippen LogP contribution in [0.1, 0.15) is 17.9 Å². The second kappa shape index (κ2) is 11.7. The van der Waals surface area contributed by atoms with Crippen LogP contribution in [0.5, 0.6) is 0 Å². The monoisotopic (exact) mass is 458 g/mol. The molecule has 1 aromatic heterocycles. The Hall–Kier alpha value is -1.37. The van der Waals surface area contributed by atoms with E-state index in [1.807, 2.05) is 29.4 Å². The molecule has 8 heteroatoms. The molecule has 1 aromatic carbocycles. The average molecular weight is 460 g/mol. The molecule has 2 aromatic rings. The van der Waals surface area contributed by atoms with E-state index in [2.05, 4.69) is 46.5 Å². The second-order valence-corrected chi connectivity index (χ2v) is 7.37. The van der Waals surface area contributed by atoms with Crippen molar-refractivity contribution < 1.29 is 4.79 Å². The molecule has 1 N–H and O–H groups in total. The van der Waals surface area contributed by atoms with Gasteiger partial charge in [-0.15, -0.1) is 37.2 Å². The number of pyridine rings is 1. The Morgan fingerprint density at radius 1 is 0.966 bits per heavy atom. The average Bonchev–Trinajstić information content (AvgIpc) is 3.47. The Labute approximate surface area is 191 Å². The summed E-state index contributed by atoms with van der Waals surface area (Å²) in [4.78, 5) is 20.6. The summed E-state index contributed by atoms with van der Waals surface area (Å²) in [6.45, 7) is 4.10. The van der Waals surface area contributed by atoms with Crippen molar-refractivity contribution in [2.45, 2.75) is 18.4 Å². The molecule has 29 heavy (non-hydrogen) atoms. The number of amides is 1. The Bertz CT molecular complexity index is 752. The first-order chi connectivity index (χ1) is 12.7. The minimum absolute atomic E-state index is 0. The lowest BCUT2D eigenvalue weighted by molar-refractivity contribution is -0.131. The topological polar surface area (TPSA) is 48.5 Å². The minimum Gasteiger partial charge on any atom is -0.339 e. The number of likely N-dealkylation sites (N-methyl/N-ethyl adjacent to an activating group) is 1. The van der Waals surface area contributed by atoms with Gasteiger partial charge in [0, 0.05) is 50.5 Å². The molecule has 160 valence electrons. The molecule has 2 heterocycles. The van der Waals surface area contributed by atoms with E-state index in [0.717, 1.165) is 32.6 Å². The zero-order chi connectivity index (χ0) is 17.9. The van der Waals surface area contributed by atoms with E-state index in [1.165, 1.54) is 16.7 Å². The molecule has 2 fully saturated rings. The summed E-state index contributed by atoms with van der Waals surface area (Å²) in [6.07, 6.45) is 4.76. The number of aromatic nitrogens is 1. The fourth-order valence-electron chi connectivity index (χ4n) is 3.64. The predicted octanol–water partition coefficient (Wildman–Crippen LogP) is 3.23. The Morgan fingerprint density at radius 3 is 2.17 bits per heavy atom. The Balaban J connectivity index is 0.00000140. The van der Waals surface area contributed by atoms with Gasteiger partial charge in [0.2, 0.25) is 5.91 Å². The van der Waals surface area contributed by atoms with Crippen molar-refractivity contribution in [1.29, 1.82) is 0 Å². The lowest BCUT2D eigenvalue weighted by Gasteiger charge is -2.32. The van der Waals surface area contributed by atoms with Gasteiger partial charge in [0.05, 0.1) is 6.54 Å². The summed E-state index contributed by atoms with van der Waals surface area (Å²) in [5.74, 6) is 0.763. The molecule has 5 nitrogen and oxygen atoms in total. The number of piperazine rings is 1. The molecule has 0 spiro atoms. The van der Waals surface area contributed by atoms with E-state index in [-0.39, 0.29) is 43.1 Å². The first-order valence-electron chi connectivity index (χ1n) is 9.41. The highest BCUT2D eigenvalue weighted by Gasteiger charge is 2.38. The maximum absolute atomic E-state index is 12.3. The number of benzene rings is 1. The Morgan fingerprint density at radius 2 is 1.55 bits per heavy atom. The number of hydrogen-bond donors (Lipinski definition) is 1. The van der Waals surface area contributed by atoms with Gasteiger partial charge in [-0.3, -0.25) is 9.78 Å². The predicted molar refractivity (Wildman–Crippen MR) is 125 cm³/mol. The maximum Gasteiger partial charge on any atom is 0.236 e. The summed E-state index contributed by atoms with van der Waals surface area (Å²) < 4.78 is 0. The summed E-state index contributed by atoms with van der Waals surface area (Å²) in [7, 11) is 2.11. The number of halogens is 3. The van der Waals surface area contributed by atoms with Gasteiger partial charge in [0.1, 0.15) is 0 Å². The maximum atomic E-state index is 12.3. The van der Waals surface area contributed by atoms with Gasteiger partial charge in [0.15, 0.2) is 0 Å². The van der Waals surface area contributed by atoms with E-state index in [4.69, 9.17) is 0 Å². The van der Waals surface area contributed by atoms with Gasteiger partial charge < -0.3 is 15.1 Å². The largest absolute Gasteiger partial charge is 0.339 e. The van der Waals surface area contributed by atoms with Crippen LogP contribution >= 0.6 is 37.2 Å². The number of nitrogens with zero attached hydrogens (tertiary/aromatic N) is 3. The minimum atomic E-state index is 0. The normalized spacial score (nSPS) is 20.7. The number of rotatable bonds is 5. The first kappa shape index (κ1) is 25.7. The van der Waals surface area contributed by atoms with Crippen molar-refractivity contribution >= 4 is 43.1 Å². The molecule has 0 unspecified atom stereocenters.